The number of nitriles is 1. The van der Waals surface area contributed by atoms with E-state index in [1.54, 1.807) is 36.4 Å². The van der Waals surface area contributed by atoms with E-state index in [1.165, 1.54) is 29.8 Å². The molecule has 0 amide bonds. The van der Waals surface area contributed by atoms with E-state index < -0.39 is 62.2 Å². The highest BCUT2D eigenvalue weighted by molar-refractivity contribution is 7.52. The second kappa shape index (κ2) is 12.8. The van der Waals surface area contributed by atoms with Gasteiger partial charge in [-0.1, -0.05) is 18.2 Å². The van der Waals surface area contributed by atoms with Gasteiger partial charge in [0.25, 0.3) is 0 Å². The van der Waals surface area contributed by atoms with Crippen LogP contribution < -0.4 is 15.3 Å². The van der Waals surface area contributed by atoms with Crippen molar-refractivity contribution in [2.45, 2.75) is 50.7 Å². The van der Waals surface area contributed by atoms with Crippen molar-refractivity contribution in [3.63, 3.8) is 0 Å². The monoisotopic (exact) mass is 615 g/mol. The summed E-state index contributed by atoms with van der Waals surface area (Å²) >= 11 is 0. The average molecular weight is 616 g/mol. The first-order chi connectivity index (χ1) is 20.4. The van der Waals surface area contributed by atoms with Crippen molar-refractivity contribution in [1.82, 2.24) is 14.7 Å². The largest absolute Gasteiger partial charge is 0.468 e. The van der Waals surface area contributed by atoms with E-state index >= 15 is 0 Å². The second-order valence-electron chi connectivity index (χ2n) is 9.53. The summed E-state index contributed by atoms with van der Waals surface area (Å²) in [6, 6.07) is 13.5. The Morgan fingerprint density at radius 2 is 1.86 bits per heavy atom. The molecule has 15 nitrogen and oxygen atoms in total. The summed E-state index contributed by atoms with van der Waals surface area (Å²) in [5.41, 5.74) is 5.07. The van der Waals surface area contributed by atoms with E-state index in [9.17, 15) is 24.2 Å². The number of benzene rings is 1. The topological polar surface area (TPSA) is 203 Å². The van der Waals surface area contributed by atoms with Gasteiger partial charge in [-0.2, -0.15) is 15.4 Å². The average Bonchev–Trinajstić information content (AvgIpc) is 3.52. The van der Waals surface area contributed by atoms with Crippen LogP contribution in [0.3, 0.4) is 0 Å². The molecule has 4 rings (SSSR count). The van der Waals surface area contributed by atoms with Gasteiger partial charge in [-0.25, -0.2) is 9.08 Å². The van der Waals surface area contributed by atoms with Crippen molar-refractivity contribution >= 4 is 36.9 Å². The van der Waals surface area contributed by atoms with E-state index in [0.717, 1.165) is 21.0 Å². The molecule has 1 aromatic carbocycles. The van der Waals surface area contributed by atoms with Crippen LogP contribution in [0, 0.1) is 11.3 Å². The van der Waals surface area contributed by atoms with Crippen LogP contribution in [0.4, 0.5) is 5.69 Å². The molecule has 3 N–H and O–H groups in total. The zero-order chi connectivity index (χ0) is 31.4. The van der Waals surface area contributed by atoms with Gasteiger partial charge in [0.05, 0.1) is 24.0 Å². The van der Waals surface area contributed by atoms with Crippen LogP contribution in [-0.4, -0.2) is 65.1 Å². The minimum absolute atomic E-state index is 0.115. The number of ether oxygens (including phenoxy) is 4. The number of nitrogen functional groups attached to an aromatic ring is 1. The highest BCUT2D eigenvalue weighted by Gasteiger charge is 2.62. The number of methoxy groups -OCH3 is 1. The van der Waals surface area contributed by atoms with Crippen LogP contribution in [0.1, 0.15) is 32.6 Å². The molecule has 1 aliphatic rings. The number of hydrogen-bond acceptors (Lipinski definition) is 13. The summed E-state index contributed by atoms with van der Waals surface area (Å²) < 4.78 is 48.7. The van der Waals surface area contributed by atoms with Gasteiger partial charge in [0, 0.05) is 20.0 Å². The first-order valence-corrected chi connectivity index (χ1v) is 14.5. The Balaban J connectivity index is 1.75. The quantitative estimate of drug-likeness (QED) is 0.181. The minimum Gasteiger partial charge on any atom is -0.468 e. The smallest absolute Gasteiger partial charge is 0.459 e. The molecule has 6 atom stereocenters. The molecular formula is C27H30N5O10P. The van der Waals surface area contributed by atoms with Crippen molar-refractivity contribution in [2.24, 2.45) is 0 Å². The van der Waals surface area contributed by atoms with Crippen LogP contribution in [-0.2, 0) is 42.4 Å². The maximum absolute atomic E-state index is 14.0. The third kappa shape index (κ3) is 6.79. The lowest BCUT2D eigenvalue weighted by Gasteiger charge is -2.30. The third-order valence-corrected chi connectivity index (χ3v) is 8.03. The van der Waals surface area contributed by atoms with Crippen LogP contribution in [0.25, 0.3) is 5.52 Å². The zero-order valence-corrected chi connectivity index (χ0v) is 24.6. The minimum atomic E-state index is -4.47. The van der Waals surface area contributed by atoms with Gasteiger partial charge in [0.1, 0.15) is 30.6 Å². The summed E-state index contributed by atoms with van der Waals surface area (Å²) in [6.07, 6.45) is -2.73. The van der Waals surface area contributed by atoms with Crippen molar-refractivity contribution in [3.05, 3.63) is 60.4 Å². The number of fused-ring (bicyclic) bond motifs is 1. The molecule has 43 heavy (non-hydrogen) atoms. The summed E-state index contributed by atoms with van der Waals surface area (Å²) in [5.74, 6) is -2.24. The van der Waals surface area contributed by atoms with Crippen molar-refractivity contribution in [2.75, 3.05) is 19.5 Å². The Morgan fingerprint density at radius 3 is 2.49 bits per heavy atom. The number of esters is 3. The fraction of sp³-hybridized carbons (Fsp3) is 0.370. The van der Waals surface area contributed by atoms with Crippen LogP contribution in [0.15, 0.2) is 54.7 Å². The van der Waals surface area contributed by atoms with E-state index in [0.29, 0.717) is 16.9 Å². The molecule has 228 valence electrons. The summed E-state index contributed by atoms with van der Waals surface area (Å²) in [6.45, 7) is 2.77. The van der Waals surface area contributed by atoms with Crippen molar-refractivity contribution < 1.29 is 46.9 Å². The first-order valence-electron chi connectivity index (χ1n) is 12.9. The van der Waals surface area contributed by atoms with Gasteiger partial charge in [0.2, 0.25) is 5.60 Å². The van der Waals surface area contributed by atoms with E-state index in [1.807, 2.05) is 6.07 Å². The number of hydrogen-bond donors (Lipinski definition) is 2. The highest BCUT2D eigenvalue weighted by atomic mass is 31.2. The summed E-state index contributed by atoms with van der Waals surface area (Å²) in [7, 11) is -3.32. The Labute approximate surface area is 246 Å². The maximum atomic E-state index is 14.0. The number of nitrogens with one attached hydrogen (secondary N) is 1. The molecule has 1 fully saturated rings. The predicted molar refractivity (Wildman–Crippen MR) is 148 cm³/mol. The molecule has 3 aromatic rings. The van der Waals surface area contributed by atoms with Crippen molar-refractivity contribution in [1.29, 1.82) is 5.26 Å². The summed E-state index contributed by atoms with van der Waals surface area (Å²) in [4.78, 5) is 36.6. The molecular weight excluding hydrogens is 585 g/mol. The van der Waals surface area contributed by atoms with Crippen LogP contribution >= 0.6 is 7.75 Å². The van der Waals surface area contributed by atoms with E-state index in [-0.39, 0.29) is 5.75 Å². The number of rotatable bonds is 11. The first kappa shape index (κ1) is 31.5. The van der Waals surface area contributed by atoms with E-state index in [2.05, 4.69) is 10.2 Å². The van der Waals surface area contributed by atoms with Crippen LogP contribution in [0.5, 0.6) is 5.75 Å². The molecule has 1 saturated heterocycles. The number of nitrogens with zero attached hydrogens (tertiary/aromatic N) is 3. The lowest BCUT2D eigenvalue weighted by atomic mass is 9.95. The number of nitrogens with two attached hydrogens (primary N) is 1. The molecule has 0 radical (unpaired) electrons. The molecule has 1 unspecified atom stereocenters. The number of aromatic nitrogens is 2. The molecule has 0 aliphatic carbocycles. The van der Waals surface area contributed by atoms with Crippen LogP contribution in [0.2, 0.25) is 0 Å². The van der Waals surface area contributed by atoms with E-state index in [4.69, 9.17) is 33.7 Å². The fourth-order valence-corrected chi connectivity index (χ4v) is 6.06. The number of carbonyl (C=O) groups is 3. The summed E-state index contributed by atoms with van der Waals surface area (Å²) in [5, 5.41) is 17.2. The molecule has 16 heteroatoms. The number of anilines is 1. The number of para-hydroxylation sites is 1. The molecule has 3 heterocycles. The highest BCUT2D eigenvalue weighted by Crippen LogP contribution is 2.49. The Morgan fingerprint density at radius 1 is 1.16 bits per heavy atom. The fourth-order valence-electron chi connectivity index (χ4n) is 4.54. The Bertz CT molecular complexity index is 1590. The molecule has 0 saturated carbocycles. The predicted octanol–water partition coefficient (Wildman–Crippen LogP) is 2.47. The Kier molecular flexibility index (Phi) is 9.37. The molecule has 0 bridgehead atoms. The lowest BCUT2D eigenvalue weighted by molar-refractivity contribution is -0.166. The molecule has 2 aromatic heterocycles. The second-order valence-corrected chi connectivity index (χ2v) is 11.2. The zero-order valence-electron chi connectivity index (χ0n) is 23.7. The number of carbonyl (C=O) groups excluding carboxylic acids is 3. The maximum Gasteiger partial charge on any atom is 0.459 e. The van der Waals surface area contributed by atoms with Crippen molar-refractivity contribution in [3.8, 4) is 11.8 Å². The SMILES string of the molecule is COC(=O)[C@H](C)NP(=O)(OC[C@@]1(C#N)O[C@@H](c2ccc3c(N)ccnn23)[C@H](OC(C)=O)[C@@H]1OC(C)=O)Oc1ccccc1. The Hall–Kier alpha value is -4.48. The van der Waals surface area contributed by atoms with Gasteiger partial charge in [-0.15, -0.1) is 0 Å². The van der Waals surface area contributed by atoms with Gasteiger partial charge in [-0.05, 0) is 37.3 Å². The third-order valence-electron chi connectivity index (χ3n) is 6.41. The lowest BCUT2D eigenvalue weighted by Crippen LogP contribution is -2.49. The van der Waals surface area contributed by atoms with Gasteiger partial charge < -0.3 is 29.2 Å². The normalized spacial score (nSPS) is 23.5. The van der Waals surface area contributed by atoms with Gasteiger partial charge in [-0.3, -0.25) is 18.9 Å². The van der Waals surface area contributed by atoms with Gasteiger partial charge >= 0.3 is 25.7 Å². The van der Waals surface area contributed by atoms with Gasteiger partial charge in [0.15, 0.2) is 12.2 Å². The molecule has 0 spiro atoms. The standard InChI is InChI=1S/C27H30N5O10P/c1-16(26(35)37-4)31-43(36,42-19-8-6-5-7-9-19)38-15-27(14-28)25(40-18(3)34)24(39-17(2)33)23(41-27)22-11-10-21-20(29)12-13-30-32(21)22/h5-13,16,23-25H,15,29H2,1-4H3,(H,31,36)/t16-,23-,24-,25-,27+,43?/m0/s1. The molecule has 1 aliphatic heterocycles.